The summed E-state index contributed by atoms with van der Waals surface area (Å²) in [6.45, 7) is -0.0420. The molecule has 7 heteroatoms. The van der Waals surface area contributed by atoms with Gasteiger partial charge in [-0.15, -0.1) is 0 Å². The minimum Gasteiger partial charge on any atom is -0.395 e. The van der Waals surface area contributed by atoms with E-state index in [-0.39, 0.29) is 17.3 Å². The molecule has 0 aromatic carbocycles. The highest BCUT2D eigenvalue weighted by molar-refractivity contribution is 7.92. The van der Waals surface area contributed by atoms with E-state index in [1.807, 2.05) is 0 Å². The number of hydrogen-bond donors (Lipinski definition) is 2. The molecule has 2 heterocycles. The van der Waals surface area contributed by atoms with Gasteiger partial charge in [-0.25, -0.2) is 13.4 Å². The van der Waals surface area contributed by atoms with Crippen LogP contribution in [0.5, 0.6) is 0 Å². The van der Waals surface area contributed by atoms with Crippen molar-refractivity contribution in [2.45, 2.75) is 11.3 Å². The van der Waals surface area contributed by atoms with Crippen LogP contribution in [0.1, 0.15) is 12.0 Å². The Labute approximate surface area is 122 Å². The van der Waals surface area contributed by atoms with E-state index < -0.39 is 10.0 Å². The van der Waals surface area contributed by atoms with Gasteiger partial charge in [-0.05, 0) is 18.2 Å². The summed E-state index contributed by atoms with van der Waals surface area (Å²) in [7, 11) is -3.76. The number of nitrogens with zero attached hydrogens (tertiary/aromatic N) is 2. The van der Waals surface area contributed by atoms with Crippen LogP contribution in [0.15, 0.2) is 47.8 Å². The molecular weight excluding hydrogens is 290 g/mol. The van der Waals surface area contributed by atoms with Gasteiger partial charge in [-0.3, -0.25) is 9.71 Å². The Hall–Kier alpha value is -2.43. The fraction of sp³-hybridized carbons (Fsp3) is 0.143. The van der Waals surface area contributed by atoms with Crippen molar-refractivity contribution < 1.29 is 13.5 Å². The van der Waals surface area contributed by atoms with Crippen molar-refractivity contribution in [1.82, 2.24) is 9.97 Å². The molecule has 0 spiro atoms. The molecule has 6 nitrogen and oxygen atoms in total. The summed E-state index contributed by atoms with van der Waals surface area (Å²) in [5.41, 5.74) is 0.465. The van der Waals surface area contributed by atoms with Crippen molar-refractivity contribution in [3.05, 3.63) is 48.4 Å². The standard InChI is InChI=1S/C14H13N3O3S/c18-8-4-2-5-12-9-13(11-15-10-12)21(19,20)17-14-6-1-3-7-16-14/h1,3,6-7,9-11,18H,4,8H2,(H,16,17). The molecule has 0 radical (unpaired) electrons. The quantitative estimate of drug-likeness (QED) is 0.822. The molecule has 2 aromatic heterocycles. The third kappa shape index (κ3) is 4.27. The Bertz CT molecular complexity index is 765. The van der Waals surface area contributed by atoms with Crippen LogP contribution in [0, 0.1) is 11.8 Å². The first-order chi connectivity index (χ1) is 10.1. The number of aliphatic hydroxyl groups is 1. The SMILES string of the molecule is O=S(=O)(Nc1ccccn1)c1cncc(C#CCCO)c1. The molecule has 0 atom stereocenters. The van der Waals surface area contributed by atoms with Gasteiger partial charge in [0.25, 0.3) is 10.0 Å². The lowest BCUT2D eigenvalue weighted by Gasteiger charge is -2.06. The van der Waals surface area contributed by atoms with Crippen molar-refractivity contribution >= 4 is 15.8 Å². The molecule has 0 saturated carbocycles. The zero-order valence-corrected chi connectivity index (χ0v) is 11.8. The molecule has 0 aliphatic heterocycles. The van der Waals surface area contributed by atoms with E-state index in [1.54, 1.807) is 18.2 Å². The summed E-state index contributed by atoms with van der Waals surface area (Å²) in [5, 5.41) is 8.66. The van der Waals surface area contributed by atoms with Gasteiger partial charge in [0.1, 0.15) is 10.7 Å². The smallest absolute Gasteiger partial charge is 0.264 e. The van der Waals surface area contributed by atoms with Gasteiger partial charge in [-0.2, -0.15) is 0 Å². The average Bonchev–Trinajstić information content (AvgIpc) is 2.48. The van der Waals surface area contributed by atoms with Crippen LogP contribution in [0.4, 0.5) is 5.82 Å². The molecule has 21 heavy (non-hydrogen) atoms. The molecule has 2 aromatic rings. The molecule has 0 aliphatic carbocycles. The summed E-state index contributed by atoms with van der Waals surface area (Å²) in [6, 6.07) is 6.34. The van der Waals surface area contributed by atoms with Crippen LogP contribution >= 0.6 is 0 Å². The van der Waals surface area contributed by atoms with Gasteiger partial charge in [0.05, 0.1) is 6.61 Å². The molecule has 2 rings (SSSR count). The molecule has 0 saturated heterocycles. The molecular formula is C14H13N3O3S. The number of aromatic nitrogens is 2. The Morgan fingerprint density at radius 1 is 1.29 bits per heavy atom. The number of anilines is 1. The fourth-order valence-corrected chi connectivity index (χ4v) is 2.47. The number of nitrogens with one attached hydrogen (secondary N) is 1. The third-order valence-electron chi connectivity index (χ3n) is 2.40. The second-order valence-electron chi connectivity index (χ2n) is 4.01. The predicted octanol–water partition coefficient (Wildman–Crippen LogP) is 1.01. The monoisotopic (exact) mass is 303 g/mol. The Balaban J connectivity index is 2.25. The first kappa shape index (κ1) is 15.0. The first-order valence-electron chi connectivity index (χ1n) is 6.10. The highest BCUT2D eigenvalue weighted by Gasteiger charge is 2.15. The maximum absolute atomic E-state index is 12.2. The number of aliphatic hydroxyl groups excluding tert-OH is 1. The molecule has 0 amide bonds. The summed E-state index contributed by atoms with van der Waals surface area (Å²) in [6.07, 6.45) is 4.52. The van der Waals surface area contributed by atoms with Gasteiger partial charge in [0.2, 0.25) is 0 Å². The number of rotatable bonds is 4. The third-order valence-corrected chi connectivity index (χ3v) is 3.72. The Morgan fingerprint density at radius 2 is 2.14 bits per heavy atom. The van der Waals surface area contributed by atoms with Crippen molar-refractivity contribution in [3.63, 3.8) is 0 Å². The van der Waals surface area contributed by atoms with Crippen molar-refractivity contribution in [2.24, 2.45) is 0 Å². The van der Waals surface area contributed by atoms with Gasteiger partial charge >= 0.3 is 0 Å². The fourth-order valence-electron chi connectivity index (χ4n) is 1.47. The minimum atomic E-state index is -3.76. The number of pyridine rings is 2. The largest absolute Gasteiger partial charge is 0.395 e. The topological polar surface area (TPSA) is 92.2 Å². The maximum Gasteiger partial charge on any atom is 0.264 e. The highest BCUT2D eigenvalue weighted by Crippen LogP contribution is 2.13. The molecule has 2 N–H and O–H groups in total. The van der Waals surface area contributed by atoms with E-state index in [9.17, 15) is 8.42 Å². The zero-order valence-electron chi connectivity index (χ0n) is 11.0. The van der Waals surface area contributed by atoms with Crippen molar-refractivity contribution in [3.8, 4) is 11.8 Å². The lowest BCUT2D eigenvalue weighted by atomic mass is 10.3. The molecule has 0 aliphatic rings. The second-order valence-corrected chi connectivity index (χ2v) is 5.69. The van der Waals surface area contributed by atoms with Crippen LogP contribution in [-0.2, 0) is 10.0 Å². The van der Waals surface area contributed by atoms with Gasteiger partial charge in [0, 0.05) is 30.6 Å². The summed E-state index contributed by atoms with van der Waals surface area (Å²) in [5.74, 6) is 5.68. The predicted molar refractivity (Wildman–Crippen MR) is 77.9 cm³/mol. The van der Waals surface area contributed by atoms with E-state index in [2.05, 4.69) is 26.5 Å². The first-order valence-corrected chi connectivity index (χ1v) is 7.59. The normalized spacial score (nSPS) is 10.5. The maximum atomic E-state index is 12.2. The van der Waals surface area contributed by atoms with Gasteiger partial charge in [-0.1, -0.05) is 17.9 Å². The lowest BCUT2D eigenvalue weighted by Crippen LogP contribution is -2.14. The Kier molecular flexibility index (Phi) is 4.87. The summed E-state index contributed by atoms with van der Waals surface area (Å²) in [4.78, 5) is 7.78. The van der Waals surface area contributed by atoms with Gasteiger partial charge < -0.3 is 5.11 Å². The zero-order chi connectivity index (χ0) is 15.1. The average molecular weight is 303 g/mol. The molecule has 0 fully saturated rings. The minimum absolute atomic E-state index is 0.00366. The van der Waals surface area contributed by atoms with Crippen LogP contribution in [0.3, 0.4) is 0 Å². The van der Waals surface area contributed by atoms with E-state index in [0.717, 1.165) is 0 Å². The molecule has 0 bridgehead atoms. The second kappa shape index (κ2) is 6.83. The summed E-state index contributed by atoms with van der Waals surface area (Å²) >= 11 is 0. The van der Waals surface area contributed by atoms with Crippen molar-refractivity contribution in [1.29, 1.82) is 0 Å². The van der Waals surface area contributed by atoms with E-state index in [0.29, 0.717) is 12.0 Å². The molecule has 0 unspecified atom stereocenters. The summed E-state index contributed by atoms with van der Waals surface area (Å²) < 4.78 is 26.8. The van der Waals surface area contributed by atoms with E-state index >= 15 is 0 Å². The van der Waals surface area contributed by atoms with Crippen LogP contribution in [0.25, 0.3) is 0 Å². The van der Waals surface area contributed by atoms with Crippen LogP contribution in [0.2, 0.25) is 0 Å². The van der Waals surface area contributed by atoms with E-state index in [1.165, 1.54) is 24.7 Å². The van der Waals surface area contributed by atoms with E-state index in [4.69, 9.17) is 5.11 Å². The molecule has 108 valence electrons. The number of sulfonamides is 1. The van der Waals surface area contributed by atoms with Crippen LogP contribution in [-0.4, -0.2) is 30.1 Å². The Morgan fingerprint density at radius 3 is 2.86 bits per heavy atom. The van der Waals surface area contributed by atoms with Crippen LogP contribution < -0.4 is 4.72 Å². The highest BCUT2D eigenvalue weighted by atomic mass is 32.2. The number of hydrogen-bond acceptors (Lipinski definition) is 5. The lowest BCUT2D eigenvalue weighted by molar-refractivity contribution is 0.305. The van der Waals surface area contributed by atoms with Gasteiger partial charge in [0.15, 0.2) is 0 Å². The van der Waals surface area contributed by atoms with Crippen molar-refractivity contribution in [2.75, 3.05) is 11.3 Å².